The van der Waals surface area contributed by atoms with Gasteiger partial charge in [0.1, 0.15) is 5.69 Å². The first-order valence-electron chi connectivity index (χ1n) is 6.52. The van der Waals surface area contributed by atoms with Gasteiger partial charge in [-0.3, -0.25) is 15.0 Å². The van der Waals surface area contributed by atoms with Crippen molar-refractivity contribution in [1.29, 1.82) is 0 Å². The number of thioether (sulfide) groups is 1. The Bertz CT molecular complexity index is 448. The smallest absolute Gasteiger partial charge is 0.292 e. The van der Waals surface area contributed by atoms with Gasteiger partial charge in [0.15, 0.2) is 0 Å². The molecule has 0 unspecified atom stereocenters. The molecule has 1 fully saturated rings. The van der Waals surface area contributed by atoms with E-state index < -0.39 is 0 Å². The van der Waals surface area contributed by atoms with Gasteiger partial charge in [0.25, 0.3) is 5.69 Å². The minimum absolute atomic E-state index is 0.153. The van der Waals surface area contributed by atoms with E-state index in [-0.39, 0.29) is 10.6 Å². The van der Waals surface area contributed by atoms with Crippen molar-refractivity contribution in [2.24, 2.45) is 0 Å². The Hall–Kier alpha value is -1.27. The van der Waals surface area contributed by atoms with E-state index in [1.165, 1.54) is 11.5 Å². The molecule has 2 rings (SSSR count). The van der Waals surface area contributed by atoms with Crippen LogP contribution in [-0.4, -0.2) is 41.0 Å². The molecular weight excluding hydrogens is 262 g/mol. The second kappa shape index (κ2) is 6.77. The van der Waals surface area contributed by atoms with Crippen LogP contribution in [0.15, 0.2) is 18.2 Å². The van der Waals surface area contributed by atoms with Gasteiger partial charge >= 0.3 is 0 Å². The van der Waals surface area contributed by atoms with Gasteiger partial charge in [0, 0.05) is 43.8 Å². The fourth-order valence-electron chi connectivity index (χ4n) is 2.19. The zero-order valence-electron chi connectivity index (χ0n) is 11.1. The maximum atomic E-state index is 11.0. The summed E-state index contributed by atoms with van der Waals surface area (Å²) in [5.74, 6) is 2.35. The van der Waals surface area contributed by atoms with Crippen LogP contribution >= 0.6 is 11.8 Å². The van der Waals surface area contributed by atoms with Crippen molar-refractivity contribution in [2.45, 2.75) is 13.5 Å². The Balaban J connectivity index is 2.12. The molecule has 0 bridgehead atoms. The maximum absolute atomic E-state index is 11.0. The summed E-state index contributed by atoms with van der Waals surface area (Å²) >= 11 is 1.98. The quantitative estimate of drug-likeness (QED) is 0.664. The minimum Gasteiger partial charge on any atom is -0.380 e. The predicted molar refractivity (Wildman–Crippen MR) is 79.9 cm³/mol. The van der Waals surface area contributed by atoms with E-state index in [1.807, 2.05) is 30.8 Å². The highest BCUT2D eigenvalue weighted by Gasteiger charge is 2.15. The molecule has 1 aliphatic rings. The van der Waals surface area contributed by atoms with Crippen LogP contribution in [0.25, 0.3) is 0 Å². The lowest BCUT2D eigenvalue weighted by atomic mass is 10.1. The zero-order chi connectivity index (χ0) is 13.7. The van der Waals surface area contributed by atoms with Gasteiger partial charge in [0.05, 0.1) is 4.92 Å². The summed E-state index contributed by atoms with van der Waals surface area (Å²) in [5.41, 5.74) is 1.91. The van der Waals surface area contributed by atoms with Gasteiger partial charge in [-0.15, -0.1) is 0 Å². The number of hydrogen-bond acceptors (Lipinski definition) is 5. The standard InChI is InChI=1S/C13H19N3O2S/c1-2-14-12-9-11(3-4-13(12)16(17)18)10-15-5-7-19-8-6-15/h3-4,9,14H,2,5-8,10H2,1H3. The molecule has 19 heavy (non-hydrogen) atoms. The Morgan fingerprint density at radius 3 is 2.79 bits per heavy atom. The van der Waals surface area contributed by atoms with Crippen LogP contribution in [0.5, 0.6) is 0 Å². The zero-order valence-corrected chi connectivity index (χ0v) is 11.9. The summed E-state index contributed by atoms with van der Waals surface area (Å²) in [6.45, 7) is 5.69. The third kappa shape index (κ3) is 3.84. The molecule has 1 N–H and O–H groups in total. The average Bonchev–Trinajstić information content (AvgIpc) is 2.40. The Morgan fingerprint density at radius 1 is 1.42 bits per heavy atom. The van der Waals surface area contributed by atoms with E-state index in [2.05, 4.69) is 10.2 Å². The molecule has 0 aromatic heterocycles. The number of nitrogens with one attached hydrogen (secondary N) is 1. The van der Waals surface area contributed by atoms with Crippen molar-refractivity contribution in [2.75, 3.05) is 36.5 Å². The minimum atomic E-state index is -0.334. The van der Waals surface area contributed by atoms with Crippen molar-refractivity contribution in [3.05, 3.63) is 33.9 Å². The highest BCUT2D eigenvalue weighted by molar-refractivity contribution is 7.99. The number of benzene rings is 1. The summed E-state index contributed by atoms with van der Waals surface area (Å²) in [6.07, 6.45) is 0. The van der Waals surface area contributed by atoms with Crippen LogP contribution in [0.3, 0.4) is 0 Å². The normalized spacial score (nSPS) is 16.3. The van der Waals surface area contributed by atoms with Gasteiger partial charge in [0.2, 0.25) is 0 Å². The molecule has 0 atom stereocenters. The van der Waals surface area contributed by atoms with Crippen LogP contribution in [0.4, 0.5) is 11.4 Å². The third-order valence-electron chi connectivity index (χ3n) is 3.13. The molecule has 1 aromatic carbocycles. The van der Waals surface area contributed by atoms with E-state index >= 15 is 0 Å². The Labute approximate surface area is 117 Å². The fourth-order valence-corrected chi connectivity index (χ4v) is 3.17. The molecule has 104 valence electrons. The lowest BCUT2D eigenvalue weighted by molar-refractivity contribution is -0.384. The number of nitro benzene ring substituents is 1. The number of rotatable bonds is 5. The van der Waals surface area contributed by atoms with Crippen LogP contribution < -0.4 is 5.32 Å². The Kier molecular flexibility index (Phi) is 5.04. The molecule has 0 amide bonds. The van der Waals surface area contributed by atoms with E-state index in [1.54, 1.807) is 6.07 Å². The molecule has 0 radical (unpaired) electrons. The van der Waals surface area contributed by atoms with Crippen LogP contribution in [0, 0.1) is 10.1 Å². The maximum Gasteiger partial charge on any atom is 0.292 e. The van der Waals surface area contributed by atoms with E-state index in [4.69, 9.17) is 0 Å². The summed E-state index contributed by atoms with van der Waals surface area (Å²) in [4.78, 5) is 13.0. The van der Waals surface area contributed by atoms with Gasteiger partial charge in [-0.05, 0) is 18.6 Å². The lowest BCUT2D eigenvalue weighted by Crippen LogP contribution is -2.31. The van der Waals surface area contributed by atoms with Crippen molar-refractivity contribution < 1.29 is 4.92 Å². The molecule has 0 aliphatic carbocycles. The van der Waals surface area contributed by atoms with Crippen LogP contribution in [0.2, 0.25) is 0 Å². The van der Waals surface area contributed by atoms with Crippen molar-refractivity contribution >= 4 is 23.1 Å². The van der Waals surface area contributed by atoms with Crippen LogP contribution in [-0.2, 0) is 6.54 Å². The second-order valence-electron chi connectivity index (χ2n) is 4.53. The summed E-state index contributed by atoms with van der Waals surface area (Å²) in [5, 5.41) is 14.0. The largest absolute Gasteiger partial charge is 0.380 e. The third-order valence-corrected chi connectivity index (χ3v) is 4.08. The number of hydrogen-bond donors (Lipinski definition) is 1. The molecule has 1 saturated heterocycles. The van der Waals surface area contributed by atoms with Crippen LogP contribution in [0.1, 0.15) is 12.5 Å². The average molecular weight is 281 g/mol. The number of nitrogens with zero attached hydrogens (tertiary/aromatic N) is 2. The van der Waals surface area contributed by atoms with E-state index in [9.17, 15) is 10.1 Å². The number of nitro groups is 1. The first kappa shape index (κ1) is 14.1. The molecule has 0 spiro atoms. The number of anilines is 1. The SMILES string of the molecule is CCNc1cc(CN2CCSCC2)ccc1[N+](=O)[O-]. The van der Waals surface area contributed by atoms with Crippen molar-refractivity contribution in [1.82, 2.24) is 4.90 Å². The first-order valence-corrected chi connectivity index (χ1v) is 7.67. The Morgan fingerprint density at radius 2 is 2.16 bits per heavy atom. The molecular formula is C13H19N3O2S. The molecule has 1 aliphatic heterocycles. The summed E-state index contributed by atoms with van der Waals surface area (Å²) in [7, 11) is 0. The molecule has 1 heterocycles. The van der Waals surface area contributed by atoms with Crippen molar-refractivity contribution in [3.8, 4) is 0 Å². The summed E-state index contributed by atoms with van der Waals surface area (Å²) < 4.78 is 0. The van der Waals surface area contributed by atoms with Gasteiger partial charge in [-0.2, -0.15) is 11.8 Å². The first-order chi connectivity index (χ1) is 9.20. The van der Waals surface area contributed by atoms with E-state index in [0.29, 0.717) is 12.2 Å². The second-order valence-corrected chi connectivity index (χ2v) is 5.75. The highest BCUT2D eigenvalue weighted by atomic mass is 32.2. The van der Waals surface area contributed by atoms with Gasteiger partial charge in [-0.1, -0.05) is 6.07 Å². The highest BCUT2D eigenvalue weighted by Crippen LogP contribution is 2.26. The topological polar surface area (TPSA) is 58.4 Å². The molecule has 5 nitrogen and oxygen atoms in total. The lowest BCUT2D eigenvalue weighted by Gasteiger charge is -2.26. The van der Waals surface area contributed by atoms with Crippen molar-refractivity contribution in [3.63, 3.8) is 0 Å². The summed E-state index contributed by atoms with van der Waals surface area (Å²) in [6, 6.07) is 5.37. The van der Waals surface area contributed by atoms with Gasteiger partial charge in [-0.25, -0.2) is 0 Å². The molecule has 6 heteroatoms. The fraction of sp³-hybridized carbons (Fsp3) is 0.538. The van der Waals surface area contributed by atoms with Gasteiger partial charge < -0.3 is 5.32 Å². The molecule has 1 aromatic rings. The predicted octanol–water partition coefficient (Wildman–Crippen LogP) is 2.58. The molecule has 0 saturated carbocycles. The monoisotopic (exact) mass is 281 g/mol. The van der Waals surface area contributed by atoms with E-state index in [0.717, 1.165) is 25.2 Å².